The van der Waals surface area contributed by atoms with Gasteiger partial charge in [0.2, 0.25) is 15.7 Å². The maximum absolute atomic E-state index is 14.2. The maximum Gasteiger partial charge on any atom is 0.416 e. The number of alkyl halides is 24. The van der Waals surface area contributed by atoms with Crippen molar-refractivity contribution in [1.82, 2.24) is 0 Å². The minimum Gasteiger partial charge on any atom is -0.289 e. The first-order chi connectivity index (χ1) is 39.4. The topological polar surface area (TPSA) is 34.1 Å². The third-order valence-corrected chi connectivity index (χ3v) is 15.2. The third kappa shape index (κ3) is 14.9. The fraction of sp³-hybridized carbons (Fsp3) is 0.155. The summed E-state index contributed by atoms with van der Waals surface area (Å²) in [6, 6.07) is 23.1. The molecule has 2 nitrogen and oxygen atoms in total. The van der Waals surface area contributed by atoms with Crippen molar-refractivity contribution in [2.45, 2.75) is 54.3 Å². The van der Waals surface area contributed by atoms with E-state index < -0.39 is 205 Å². The van der Waals surface area contributed by atoms with Gasteiger partial charge in [0.15, 0.2) is 15.9 Å². The van der Waals surface area contributed by atoms with Crippen molar-refractivity contribution in [2.24, 2.45) is 0 Å². The van der Waals surface area contributed by atoms with Crippen LogP contribution < -0.4 is 21.9 Å². The predicted molar refractivity (Wildman–Crippen MR) is 269 cm³/mol. The average molecular weight is 1260 g/mol. The molecule has 0 N–H and O–H groups in total. The van der Waals surface area contributed by atoms with Crippen LogP contribution in [-0.4, -0.2) is 17.7 Å². The zero-order chi connectivity index (χ0) is 64.0. The predicted octanol–water partition coefficient (Wildman–Crippen LogP) is 16.8. The summed E-state index contributed by atoms with van der Waals surface area (Å²) in [6.07, 6.45) is -54.8. The normalized spacial score (nSPS) is 13.7. The molecule has 0 fully saturated rings. The van der Waals surface area contributed by atoms with E-state index in [2.05, 4.69) is 11.2 Å². The van der Waals surface area contributed by atoms with Crippen molar-refractivity contribution in [2.75, 3.05) is 5.75 Å². The number of fused-ring (bicyclic) bond motifs is 1. The molecule has 0 saturated carbocycles. The average Bonchev–Trinajstić information content (AvgIpc) is 0.721. The highest BCUT2D eigenvalue weighted by molar-refractivity contribution is 8.07. The lowest BCUT2D eigenvalue weighted by Crippen LogP contribution is -2.75. The molecule has 0 heterocycles. The fourth-order valence-electron chi connectivity index (χ4n) is 9.18. The monoisotopic (exact) mass is 1260 g/mol. The van der Waals surface area contributed by atoms with E-state index in [4.69, 9.17) is 0 Å². The van der Waals surface area contributed by atoms with Gasteiger partial charge in [-0.2, -0.15) is 127 Å². The van der Waals surface area contributed by atoms with Crippen molar-refractivity contribution in [3.8, 4) is 11.2 Å². The largest absolute Gasteiger partial charge is 0.416 e. The summed E-state index contributed by atoms with van der Waals surface area (Å²) in [6.45, 7) is 0. The summed E-state index contributed by atoms with van der Waals surface area (Å²) in [5, 5.41) is 4.98. The lowest BCUT2D eigenvalue weighted by Gasteiger charge is -2.46. The first kappa shape index (κ1) is 65.3. The highest BCUT2D eigenvalue weighted by Gasteiger charge is 2.47. The minimum absolute atomic E-state index is 0.144. The van der Waals surface area contributed by atoms with Gasteiger partial charge in [0, 0.05) is 11.1 Å². The Balaban J connectivity index is 0.000000302. The number of rotatable bonds is 8. The lowest BCUT2D eigenvalue weighted by atomic mass is 9.12. The summed E-state index contributed by atoms with van der Waals surface area (Å²) >= 11 is 0. The zero-order valence-corrected chi connectivity index (χ0v) is 43.1. The van der Waals surface area contributed by atoms with Crippen LogP contribution in [0.3, 0.4) is 0 Å². The van der Waals surface area contributed by atoms with Crippen molar-refractivity contribution in [1.29, 1.82) is 0 Å². The maximum atomic E-state index is 14.2. The molecule has 8 rings (SSSR count). The van der Waals surface area contributed by atoms with E-state index in [-0.39, 0.29) is 11.5 Å². The SMILES string of the molecule is FC(F)(F)c1cc([B-](c2cc(C(F)(F)F)cc(C(F)(F)F)c2)(c2cc(C(F)(F)F)cc(C(F)(F)F)c2)c2cc(C(F)(F)F)cc(C(F)(F)F)c2)cc(C(F)(F)F)c1.O=C(C[S+](=O)(C#Cc1ccccc1)c1ccccc1)c1ccc2ccccc2c1. The second kappa shape index (κ2) is 23.2. The van der Waals surface area contributed by atoms with Crippen LogP contribution in [0.2, 0.25) is 0 Å². The summed E-state index contributed by atoms with van der Waals surface area (Å²) in [5.74, 6) is 2.67. The van der Waals surface area contributed by atoms with Crippen LogP contribution in [0.4, 0.5) is 105 Å². The molecule has 0 spiro atoms. The Morgan fingerprint density at radius 2 is 0.616 bits per heavy atom. The Morgan fingerprint density at radius 1 is 0.337 bits per heavy atom. The Morgan fingerprint density at radius 3 is 0.919 bits per heavy atom. The molecule has 8 aromatic rings. The van der Waals surface area contributed by atoms with Crippen molar-refractivity contribution in [3.05, 3.63) is 232 Å². The molecular formula is C58H31BF24O2S. The first-order valence-electron chi connectivity index (χ1n) is 23.9. The Hall–Kier alpha value is -8.22. The summed E-state index contributed by atoms with van der Waals surface area (Å²) in [4.78, 5) is 13.6. The van der Waals surface area contributed by atoms with Crippen LogP contribution in [0, 0.1) is 11.2 Å². The van der Waals surface area contributed by atoms with Crippen LogP contribution in [-0.2, 0) is 63.6 Å². The van der Waals surface area contributed by atoms with Gasteiger partial charge in [0.25, 0.3) is 0 Å². The quantitative estimate of drug-likeness (QED) is 0.0500. The smallest absolute Gasteiger partial charge is 0.289 e. The van der Waals surface area contributed by atoms with Gasteiger partial charge in [-0.05, 0) is 71.3 Å². The molecule has 452 valence electrons. The molecular weight excluding hydrogens is 1230 g/mol. The summed E-state index contributed by atoms with van der Waals surface area (Å²) in [5.41, 5.74) is -28.9. The van der Waals surface area contributed by atoms with E-state index in [0.29, 0.717) is 10.5 Å². The van der Waals surface area contributed by atoms with Crippen LogP contribution in [0.1, 0.15) is 60.4 Å². The van der Waals surface area contributed by atoms with Gasteiger partial charge in [0.05, 0.1) is 44.5 Å². The molecule has 8 aromatic carbocycles. The van der Waals surface area contributed by atoms with Crippen LogP contribution in [0.25, 0.3) is 10.8 Å². The van der Waals surface area contributed by atoms with Gasteiger partial charge in [0.1, 0.15) is 6.15 Å². The number of halogens is 24. The Kier molecular flexibility index (Phi) is 17.6. The fourth-order valence-corrected chi connectivity index (χ4v) is 11.0. The van der Waals surface area contributed by atoms with Gasteiger partial charge >= 0.3 is 49.4 Å². The second-order valence-corrected chi connectivity index (χ2v) is 21.2. The van der Waals surface area contributed by atoms with E-state index in [1.54, 1.807) is 18.2 Å². The lowest BCUT2D eigenvalue weighted by molar-refractivity contribution is -0.144. The molecule has 0 aliphatic carbocycles. The molecule has 0 bridgehead atoms. The molecule has 1 atom stereocenters. The standard InChI is InChI=1S/C32H12BF24.C26H19O2S/c34-25(35,36)13-1-14(26(37,38)39)6-21(5-13)33(22-7-15(27(40,41)42)2-16(8-22)28(43,44)45,23-9-17(29(46,47)48)3-18(10-23)30(49,50)51)24-11-19(31(52,53)54)4-20(12-24)32(55,56)57;27-26(24-16-15-22-11-7-8-12-23(22)19-24)20-29(28,25-13-5-2-6-14-25)18-17-21-9-3-1-4-10-21/h1-12H;1-16,19H,20H2/q-1;+1. The Bertz CT molecular complexity index is 3480. The molecule has 0 amide bonds. The van der Waals surface area contributed by atoms with Gasteiger partial charge in [-0.1, -0.05) is 126 Å². The molecule has 0 aromatic heterocycles. The number of benzene rings is 8. The van der Waals surface area contributed by atoms with Crippen molar-refractivity contribution < 1.29 is 114 Å². The summed E-state index contributed by atoms with van der Waals surface area (Å²) in [7, 11) is -2.88. The minimum atomic E-state index is -6.13. The number of hydrogen-bond acceptors (Lipinski definition) is 2. The van der Waals surface area contributed by atoms with E-state index in [1.165, 1.54) is 0 Å². The van der Waals surface area contributed by atoms with E-state index in [0.717, 1.165) is 16.3 Å². The van der Waals surface area contributed by atoms with Crippen LogP contribution in [0.15, 0.2) is 181 Å². The first-order valence-corrected chi connectivity index (χ1v) is 25.7. The van der Waals surface area contributed by atoms with Crippen molar-refractivity contribution >= 4 is 54.5 Å². The number of carbonyl (C=O) groups is 1. The van der Waals surface area contributed by atoms with Crippen LogP contribution in [0.5, 0.6) is 0 Å². The number of Topliss-reactive ketones (excluding diaryl/α,β-unsaturated/α-hetero) is 1. The molecule has 0 saturated heterocycles. The van der Waals surface area contributed by atoms with Crippen molar-refractivity contribution in [3.63, 3.8) is 0 Å². The number of carbonyl (C=O) groups excluding carboxylic acids is 1. The van der Waals surface area contributed by atoms with Gasteiger partial charge in [-0.3, -0.25) is 4.79 Å². The molecule has 0 radical (unpaired) electrons. The van der Waals surface area contributed by atoms with E-state index in [9.17, 15) is 114 Å². The van der Waals surface area contributed by atoms with Gasteiger partial charge < -0.3 is 0 Å². The van der Waals surface area contributed by atoms with Gasteiger partial charge in [-0.25, -0.2) is 0 Å². The molecule has 0 aliphatic rings. The summed E-state index contributed by atoms with van der Waals surface area (Å²) < 4.78 is 355. The zero-order valence-electron chi connectivity index (χ0n) is 42.3. The molecule has 0 aliphatic heterocycles. The molecule has 28 heteroatoms. The molecule has 1 unspecified atom stereocenters. The molecule has 86 heavy (non-hydrogen) atoms. The third-order valence-electron chi connectivity index (χ3n) is 13.1. The second-order valence-electron chi connectivity index (χ2n) is 18.9. The highest BCUT2D eigenvalue weighted by atomic mass is 32.2. The van der Waals surface area contributed by atoms with Gasteiger partial charge in [-0.15, -0.1) is 0 Å². The number of hydrogen-bond donors (Lipinski definition) is 0. The van der Waals surface area contributed by atoms with E-state index in [1.807, 2.05) is 84.9 Å². The Labute approximate surface area is 470 Å². The highest BCUT2D eigenvalue weighted by Crippen LogP contribution is 2.42. The number of ketones is 1. The van der Waals surface area contributed by atoms with E-state index >= 15 is 0 Å². The van der Waals surface area contributed by atoms with Crippen LogP contribution >= 0.6 is 0 Å².